The average Bonchev–Trinajstić information content (AvgIpc) is 2.76. The van der Waals surface area contributed by atoms with E-state index < -0.39 is 5.79 Å². The first-order valence-electron chi connectivity index (χ1n) is 6.15. The standard InChI is InChI=1S/C13H17N3O2/c1-16-7-6-13(17,18)8-11(16)12-14-9-4-2-3-5-10(9)15-12/h2-5,11,17-18H,6-8H2,1H3,(H,14,15)/t11-/m1/s1. The van der Waals surface area contributed by atoms with Crippen LogP contribution in [0.5, 0.6) is 0 Å². The van der Waals surface area contributed by atoms with Crippen molar-refractivity contribution in [2.75, 3.05) is 13.6 Å². The van der Waals surface area contributed by atoms with Gasteiger partial charge in [0.1, 0.15) is 5.82 Å². The fourth-order valence-corrected chi connectivity index (χ4v) is 2.51. The number of aromatic nitrogens is 2. The summed E-state index contributed by atoms with van der Waals surface area (Å²) in [6.07, 6.45) is 0.656. The first kappa shape index (κ1) is 11.6. The van der Waals surface area contributed by atoms with Crippen molar-refractivity contribution in [2.24, 2.45) is 0 Å². The molecule has 0 amide bonds. The number of piperidine rings is 1. The number of rotatable bonds is 1. The Labute approximate surface area is 105 Å². The van der Waals surface area contributed by atoms with Crippen molar-refractivity contribution in [1.82, 2.24) is 14.9 Å². The summed E-state index contributed by atoms with van der Waals surface area (Å²) in [4.78, 5) is 9.89. The molecule has 1 saturated heterocycles. The maximum absolute atomic E-state index is 9.79. The molecule has 0 aliphatic carbocycles. The van der Waals surface area contributed by atoms with E-state index in [1.54, 1.807) is 0 Å². The zero-order chi connectivity index (χ0) is 12.8. The predicted molar refractivity (Wildman–Crippen MR) is 67.9 cm³/mol. The van der Waals surface area contributed by atoms with Gasteiger partial charge in [0.2, 0.25) is 0 Å². The molecule has 0 bridgehead atoms. The fourth-order valence-electron chi connectivity index (χ4n) is 2.51. The fraction of sp³-hybridized carbons (Fsp3) is 0.462. The van der Waals surface area contributed by atoms with Gasteiger partial charge in [-0.15, -0.1) is 0 Å². The van der Waals surface area contributed by atoms with Crippen molar-refractivity contribution in [3.05, 3.63) is 30.1 Å². The van der Waals surface area contributed by atoms with Crippen LogP contribution in [-0.2, 0) is 0 Å². The number of H-pyrrole nitrogens is 1. The van der Waals surface area contributed by atoms with E-state index in [0.29, 0.717) is 13.0 Å². The Morgan fingerprint density at radius 1 is 1.39 bits per heavy atom. The summed E-state index contributed by atoms with van der Waals surface area (Å²) in [6.45, 7) is 0.648. The summed E-state index contributed by atoms with van der Waals surface area (Å²) in [6, 6.07) is 7.74. The minimum absolute atomic E-state index is 0.0823. The van der Waals surface area contributed by atoms with Crippen LogP contribution in [0.15, 0.2) is 24.3 Å². The van der Waals surface area contributed by atoms with Crippen LogP contribution in [0.1, 0.15) is 24.7 Å². The largest absolute Gasteiger partial charge is 0.365 e. The molecule has 1 fully saturated rings. The SMILES string of the molecule is CN1CCC(O)(O)C[C@@H]1c1nc2ccccc2[nH]1. The van der Waals surface area contributed by atoms with Crippen LogP contribution in [0.4, 0.5) is 0 Å². The minimum Gasteiger partial charge on any atom is -0.365 e. The van der Waals surface area contributed by atoms with Crippen LogP contribution in [0.2, 0.25) is 0 Å². The number of nitrogens with zero attached hydrogens (tertiary/aromatic N) is 2. The summed E-state index contributed by atoms with van der Waals surface area (Å²) in [5, 5.41) is 19.6. The Morgan fingerprint density at radius 3 is 2.94 bits per heavy atom. The Morgan fingerprint density at radius 2 is 2.17 bits per heavy atom. The van der Waals surface area contributed by atoms with Crippen LogP contribution < -0.4 is 0 Å². The zero-order valence-electron chi connectivity index (χ0n) is 10.3. The molecule has 1 aliphatic rings. The summed E-state index contributed by atoms with van der Waals surface area (Å²) >= 11 is 0. The van der Waals surface area contributed by atoms with Crippen molar-refractivity contribution >= 4 is 11.0 Å². The zero-order valence-corrected chi connectivity index (χ0v) is 10.3. The van der Waals surface area contributed by atoms with Crippen molar-refractivity contribution in [3.8, 4) is 0 Å². The smallest absolute Gasteiger partial charge is 0.165 e. The van der Waals surface area contributed by atoms with Gasteiger partial charge >= 0.3 is 0 Å². The second kappa shape index (κ2) is 4.05. The number of hydrogen-bond donors (Lipinski definition) is 3. The van der Waals surface area contributed by atoms with Gasteiger partial charge in [-0.25, -0.2) is 4.98 Å². The average molecular weight is 247 g/mol. The molecule has 2 aromatic rings. The highest BCUT2D eigenvalue weighted by Crippen LogP contribution is 2.33. The van der Waals surface area contributed by atoms with E-state index in [1.165, 1.54) is 0 Å². The van der Waals surface area contributed by atoms with Crippen LogP contribution >= 0.6 is 0 Å². The van der Waals surface area contributed by atoms with Gasteiger partial charge in [-0.1, -0.05) is 12.1 Å². The number of hydrogen-bond acceptors (Lipinski definition) is 4. The molecule has 3 rings (SSSR count). The van der Waals surface area contributed by atoms with Gasteiger partial charge in [-0.2, -0.15) is 0 Å². The Balaban J connectivity index is 1.97. The number of likely N-dealkylation sites (tertiary alicyclic amines) is 1. The van der Waals surface area contributed by atoms with Crippen molar-refractivity contribution in [3.63, 3.8) is 0 Å². The molecule has 0 unspecified atom stereocenters. The third-order valence-corrected chi connectivity index (χ3v) is 3.64. The third kappa shape index (κ3) is 2.01. The lowest BCUT2D eigenvalue weighted by atomic mass is 9.96. The van der Waals surface area contributed by atoms with Crippen LogP contribution in [0.3, 0.4) is 0 Å². The molecule has 96 valence electrons. The Bertz CT molecular complexity index is 531. The molecule has 5 nitrogen and oxygen atoms in total. The molecule has 2 heterocycles. The number of fused-ring (bicyclic) bond motifs is 1. The third-order valence-electron chi connectivity index (χ3n) is 3.64. The molecule has 18 heavy (non-hydrogen) atoms. The highest BCUT2D eigenvalue weighted by Gasteiger charge is 2.37. The summed E-state index contributed by atoms with van der Waals surface area (Å²) < 4.78 is 0. The van der Waals surface area contributed by atoms with Crippen LogP contribution in [-0.4, -0.2) is 44.5 Å². The maximum Gasteiger partial charge on any atom is 0.165 e. The quantitative estimate of drug-likeness (QED) is 0.658. The Kier molecular flexibility index (Phi) is 2.62. The molecule has 1 aliphatic heterocycles. The molecular formula is C13H17N3O2. The number of nitrogens with one attached hydrogen (secondary N) is 1. The molecule has 5 heteroatoms. The maximum atomic E-state index is 9.79. The lowest BCUT2D eigenvalue weighted by molar-refractivity contribution is -0.199. The molecule has 1 aromatic heterocycles. The number of benzene rings is 1. The highest BCUT2D eigenvalue weighted by molar-refractivity contribution is 5.74. The normalized spacial score (nSPS) is 24.5. The van der Waals surface area contributed by atoms with E-state index in [0.717, 1.165) is 16.9 Å². The number of para-hydroxylation sites is 2. The van der Waals surface area contributed by atoms with Gasteiger partial charge in [0.25, 0.3) is 0 Å². The molecule has 0 saturated carbocycles. The lowest BCUT2D eigenvalue weighted by Crippen LogP contribution is -2.44. The van der Waals surface area contributed by atoms with Gasteiger partial charge in [0, 0.05) is 19.4 Å². The summed E-state index contributed by atoms with van der Waals surface area (Å²) in [7, 11) is 1.98. The summed E-state index contributed by atoms with van der Waals surface area (Å²) in [5.41, 5.74) is 1.89. The van der Waals surface area contributed by atoms with Gasteiger partial charge in [-0.05, 0) is 19.2 Å². The highest BCUT2D eigenvalue weighted by atomic mass is 16.5. The van der Waals surface area contributed by atoms with Gasteiger partial charge < -0.3 is 15.2 Å². The molecule has 0 radical (unpaired) electrons. The Hall–Kier alpha value is -1.43. The summed E-state index contributed by atoms with van der Waals surface area (Å²) in [5.74, 6) is -0.790. The van der Waals surface area contributed by atoms with Gasteiger partial charge in [-0.3, -0.25) is 4.90 Å². The lowest BCUT2D eigenvalue weighted by Gasteiger charge is -2.38. The molecular weight excluding hydrogens is 230 g/mol. The molecule has 1 aromatic carbocycles. The first-order chi connectivity index (χ1) is 8.55. The number of imidazole rings is 1. The van der Waals surface area contributed by atoms with E-state index in [2.05, 4.69) is 14.9 Å². The van der Waals surface area contributed by atoms with E-state index in [4.69, 9.17) is 0 Å². The van der Waals surface area contributed by atoms with Crippen molar-refractivity contribution in [1.29, 1.82) is 0 Å². The van der Waals surface area contributed by atoms with Gasteiger partial charge in [0.15, 0.2) is 5.79 Å². The van der Waals surface area contributed by atoms with Crippen LogP contribution in [0, 0.1) is 0 Å². The van der Waals surface area contributed by atoms with E-state index in [1.807, 2.05) is 31.3 Å². The molecule has 0 spiro atoms. The van der Waals surface area contributed by atoms with E-state index in [-0.39, 0.29) is 12.5 Å². The first-order valence-corrected chi connectivity index (χ1v) is 6.15. The molecule has 1 atom stereocenters. The predicted octanol–water partition coefficient (Wildman–Crippen LogP) is 1.01. The van der Waals surface area contributed by atoms with E-state index >= 15 is 0 Å². The number of aromatic amines is 1. The topological polar surface area (TPSA) is 72.4 Å². The number of aliphatic hydroxyl groups is 2. The van der Waals surface area contributed by atoms with E-state index in [9.17, 15) is 10.2 Å². The van der Waals surface area contributed by atoms with Crippen LogP contribution in [0.25, 0.3) is 11.0 Å². The second-order valence-electron chi connectivity index (χ2n) is 5.07. The van der Waals surface area contributed by atoms with Crippen molar-refractivity contribution < 1.29 is 10.2 Å². The monoisotopic (exact) mass is 247 g/mol. The van der Waals surface area contributed by atoms with Gasteiger partial charge in [0.05, 0.1) is 17.1 Å². The minimum atomic E-state index is -1.59. The second-order valence-corrected chi connectivity index (χ2v) is 5.07. The molecule has 3 N–H and O–H groups in total. The van der Waals surface area contributed by atoms with Crippen molar-refractivity contribution in [2.45, 2.75) is 24.7 Å².